The van der Waals surface area contributed by atoms with Gasteiger partial charge in [0.1, 0.15) is 0 Å². The highest BCUT2D eigenvalue weighted by Gasteiger charge is 2.16. The van der Waals surface area contributed by atoms with Crippen LogP contribution in [-0.2, 0) is 12.8 Å². The van der Waals surface area contributed by atoms with Crippen molar-refractivity contribution in [3.05, 3.63) is 28.8 Å². The first-order chi connectivity index (χ1) is 8.86. The molecule has 1 aromatic carbocycles. The Hall–Kier alpha value is -0.930. The summed E-state index contributed by atoms with van der Waals surface area (Å²) in [7, 11) is 0. The molecule has 0 bridgehead atoms. The molecule has 1 fully saturated rings. The van der Waals surface area contributed by atoms with E-state index in [2.05, 4.69) is 30.4 Å². The number of benzene rings is 1. The highest BCUT2D eigenvalue weighted by atomic mass is 32.1. The first-order valence-corrected chi connectivity index (χ1v) is 7.76. The third kappa shape index (κ3) is 2.43. The number of fused-ring (bicyclic) bond motifs is 1. The zero-order valence-corrected chi connectivity index (χ0v) is 11.7. The van der Waals surface area contributed by atoms with E-state index in [-0.39, 0.29) is 0 Å². The summed E-state index contributed by atoms with van der Waals surface area (Å²) < 4.78 is 1.35. The number of para-hydroxylation sites is 1. The Morgan fingerprint density at radius 2 is 2.39 bits per heavy atom. The van der Waals surface area contributed by atoms with Gasteiger partial charge in [0.25, 0.3) is 0 Å². The molecule has 0 radical (unpaired) electrons. The number of piperidine rings is 1. The van der Waals surface area contributed by atoms with Crippen molar-refractivity contribution in [2.24, 2.45) is 5.92 Å². The lowest BCUT2D eigenvalue weighted by molar-refractivity contribution is 0.376. The molecule has 1 unspecified atom stereocenters. The normalized spacial score (nSPS) is 20.4. The summed E-state index contributed by atoms with van der Waals surface area (Å²) in [6, 6.07) is 6.56. The smallest absolute Gasteiger partial charge is 0.0941 e. The molecule has 3 rings (SSSR count). The first kappa shape index (κ1) is 12.1. The summed E-state index contributed by atoms with van der Waals surface area (Å²) in [5, 5.41) is 4.81. The molecule has 2 heterocycles. The van der Waals surface area contributed by atoms with E-state index < -0.39 is 0 Å². The molecule has 0 spiro atoms. The molecule has 1 saturated heterocycles. The van der Waals surface area contributed by atoms with Gasteiger partial charge in [-0.1, -0.05) is 19.1 Å². The highest BCUT2D eigenvalue weighted by Crippen LogP contribution is 2.28. The average Bonchev–Trinajstić information content (AvgIpc) is 2.82. The van der Waals surface area contributed by atoms with Gasteiger partial charge in [-0.2, -0.15) is 0 Å². The van der Waals surface area contributed by atoms with E-state index in [1.54, 1.807) is 0 Å². The summed E-state index contributed by atoms with van der Waals surface area (Å²) in [5.41, 5.74) is 2.63. The molecule has 1 aliphatic heterocycles. The summed E-state index contributed by atoms with van der Waals surface area (Å²) in [4.78, 5) is 4.87. The zero-order chi connectivity index (χ0) is 12.4. The van der Waals surface area contributed by atoms with Crippen molar-refractivity contribution in [2.45, 2.75) is 32.6 Å². The lowest BCUT2D eigenvalue weighted by Crippen LogP contribution is -2.30. The van der Waals surface area contributed by atoms with Crippen molar-refractivity contribution in [3.63, 3.8) is 0 Å². The molecule has 1 aromatic heterocycles. The topological polar surface area (TPSA) is 24.9 Å². The molecular formula is C15H20N2S. The molecule has 1 N–H and O–H groups in total. The van der Waals surface area contributed by atoms with E-state index in [9.17, 15) is 0 Å². The van der Waals surface area contributed by atoms with Crippen LogP contribution in [0.3, 0.4) is 0 Å². The van der Waals surface area contributed by atoms with Crippen molar-refractivity contribution in [1.82, 2.24) is 10.3 Å². The highest BCUT2D eigenvalue weighted by molar-refractivity contribution is 7.18. The number of aryl methyl sites for hydroxylation is 1. The Morgan fingerprint density at radius 1 is 1.44 bits per heavy atom. The molecule has 1 atom stereocenters. The zero-order valence-electron chi connectivity index (χ0n) is 10.9. The van der Waals surface area contributed by atoms with Crippen LogP contribution in [0.4, 0.5) is 0 Å². The Labute approximate surface area is 112 Å². The number of nitrogens with zero attached hydrogens (tertiary/aromatic N) is 1. The van der Waals surface area contributed by atoms with Gasteiger partial charge in [-0.25, -0.2) is 4.98 Å². The van der Waals surface area contributed by atoms with Crippen molar-refractivity contribution < 1.29 is 0 Å². The lowest BCUT2D eigenvalue weighted by atomic mass is 9.97. The van der Waals surface area contributed by atoms with Crippen LogP contribution < -0.4 is 5.32 Å². The number of aromatic nitrogens is 1. The SMILES string of the molecule is CCc1cccc2sc(CC3CCCNC3)nc12. The second-order valence-corrected chi connectivity index (χ2v) is 6.26. The van der Waals surface area contributed by atoms with Crippen LogP contribution in [-0.4, -0.2) is 18.1 Å². The van der Waals surface area contributed by atoms with Gasteiger partial charge in [-0.05, 0) is 49.9 Å². The van der Waals surface area contributed by atoms with Gasteiger partial charge in [0.15, 0.2) is 0 Å². The van der Waals surface area contributed by atoms with Crippen molar-refractivity contribution in [1.29, 1.82) is 0 Å². The predicted molar refractivity (Wildman–Crippen MR) is 78.3 cm³/mol. The molecule has 0 amide bonds. The minimum atomic E-state index is 0.782. The van der Waals surface area contributed by atoms with Gasteiger partial charge in [0.05, 0.1) is 15.2 Å². The van der Waals surface area contributed by atoms with Crippen LogP contribution in [0.1, 0.15) is 30.3 Å². The summed E-state index contributed by atoms with van der Waals surface area (Å²) in [6.45, 7) is 4.56. The van der Waals surface area contributed by atoms with Crippen LogP contribution in [0.5, 0.6) is 0 Å². The fraction of sp³-hybridized carbons (Fsp3) is 0.533. The summed E-state index contributed by atoms with van der Waals surface area (Å²) in [6.07, 6.45) is 4.89. The third-order valence-electron chi connectivity index (χ3n) is 3.79. The van der Waals surface area contributed by atoms with E-state index in [1.807, 2.05) is 11.3 Å². The summed E-state index contributed by atoms with van der Waals surface area (Å²) in [5.74, 6) is 0.782. The average molecular weight is 260 g/mol. The van der Waals surface area contributed by atoms with E-state index in [4.69, 9.17) is 4.98 Å². The number of rotatable bonds is 3. The maximum absolute atomic E-state index is 4.87. The van der Waals surface area contributed by atoms with Crippen molar-refractivity contribution in [3.8, 4) is 0 Å². The lowest BCUT2D eigenvalue weighted by Gasteiger charge is -2.21. The van der Waals surface area contributed by atoms with Crippen LogP contribution in [0.2, 0.25) is 0 Å². The number of hydrogen-bond acceptors (Lipinski definition) is 3. The number of nitrogens with one attached hydrogen (secondary N) is 1. The number of hydrogen-bond donors (Lipinski definition) is 1. The minimum absolute atomic E-state index is 0.782. The quantitative estimate of drug-likeness (QED) is 0.915. The van der Waals surface area contributed by atoms with Gasteiger partial charge >= 0.3 is 0 Å². The molecule has 0 saturated carbocycles. The Kier molecular flexibility index (Phi) is 3.62. The second-order valence-electron chi connectivity index (χ2n) is 5.14. The fourth-order valence-corrected chi connectivity index (χ4v) is 3.90. The Bertz CT molecular complexity index is 526. The molecule has 0 aliphatic carbocycles. The Balaban J connectivity index is 1.84. The monoisotopic (exact) mass is 260 g/mol. The van der Waals surface area contributed by atoms with E-state index in [1.165, 1.54) is 40.2 Å². The minimum Gasteiger partial charge on any atom is -0.316 e. The van der Waals surface area contributed by atoms with Crippen LogP contribution >= 0.6 is 11.3 Å². The maximum Gasteiger partial charge on any atom is 0.0941 e. The molecule has 18 heavy (non-hydrogen) atoms. The third-order valence-corrected chi connectivity index (χ3v) is 4.83. The molecule has 1 aliphatic rings. The molecule has 3 heteroatoms. The molecule has 2 aromatic rings. The fourth-order valence-electron chi connectivity index (χ4n) is 2.77. The van der Waals surface area contributed by atoms with Gasteiger partial charge in [0, 0.05) is 6.42 Å². The standard InChI is InChI=1S/C15H20N2S/c1-2-12-6-3-7-13-15(12)17-14(18-13)9-11-5-4-8-16-10-11/h3,6-7,11,16H,2,4-5,8-10H2,1H3. The first-order valence-electron chi connectivity index (χ1n) is 6.95. The molecule has 96 valence electrons. The van der Waals surface area contributed by atoms with E-state index in [0.717, 1.165) is 25.3 Å². The largest absolute Gasteiger partial charge is 0.316 e. The van der Waals surface area contributed by atoms with Gasteiger partial charge < -0.3 is 5.32 Å². The summed E-state index contributed by atoms with van der Waals surface area (Å²) >= 11 is 1.88. The van der Waals surface area contributed by atoms with Gasteiger partial charge in [0.2, 0.25) is 0 Å². The van der Waals surface area contributed by atoms with Crippen LogP contribution in [0.15, 0.2) is 18.2 Å². The Morgan fingerprint density at radius 3 is 3.17 bits per heavy atom. The van der Waals surface area contributed by atoms with Crippen LogP contribution in [0.25, 0.3) is 10.2 Å². The van der Waals surface area contributed by atoms with E-state index in [0.29, 0.717) is 0 Å². The van der Waals surface area contributed by atoms with Crippen molar-refractivity contribution in [2.75, 3.05) is 13.1 Å². The molecular weight excluding hydrogens is 240 g/mol. The molecule has 2 nitrogen and oxygen atoms in total. The number of thiazole rings is 1. The van der Waals surface area contributed by atoms with Gasteiger partial charge in [-0.15, -0.1) is 11.3 Å². The predicted octanol–water partition coefficient (Wildman–Crippen LogP) is 3.40. The second kappa shape index (κ2) is 5.37. The van der Waals surface area contributed by atoms with Crippen LogP contribution in [0, 0.1) is 5.92 Å². The van der Waals surface area contributed by atoms with E-state index >= 15 is 0 Å². The van der Waals surface area contributed by atoms with Crippen molar-refractivity contribution >= 4 is 21.6 Å². The van der Waals surface area contributed by atoms with Gasteiger partial charge in [-0.3, -0.25) is 0 Å². The maximum atomic E-state index is 4.87.